The first kappa shape index (κ1) is 31.3. The van der Waals surface area contributed by atoms with Gasteiger partial charge in [0.15, 0.2) is 0 Å². The Morgan fingerprint density at radius 1 is 0.373 bits per heavy atom. The summed E-state index contributed by atoms with van der Waals surface area (Å²) in [6, 6.07) is 71.3. The minimum Gasteiger partial charge on any atom is -0.279 e. The molecule has 2 aliphatic carbocycles. The molecule has 0 atom stereocenters. The van der Waals surface area contributed by atoms with Crippen molar-refractivity contribution < 1.29 is 0 Å². The molecule has 4 heteroatoms. The highest BCUT2D eigenvalue weighted by molar-refractivity contribution is 6.22. The van der Waals surface area contributed by atoms with Crippen molar-refractivity contribution in [2.24, 2.45) is 0 Å². The fourth-order valence-corrected chi connectivity index (χ4v) is 10.9. The SMILES string of the molecule is c1ccc2c(c1)-c1ccccc1C21c2ccccc2-c2ccc(-c3ccc4c(c3)c3c5ccccc5ccc3n4-c3nc4ccccc4c4nc5ccccc5n34)cc21. The summed E-state index contributed by atoms with van der Waals surface area (Å²) >= 11 is 0. The summed E-state index contributed by atoms with van der Waals surface area (Å²) < 4.78 is 4.60. The lowest BCUT2D eigenvalue weighted by Gasteiger charge is -2.30. The van der Waals surface area contributed by atoms with Crippen molar-refractivity contribution in [3.63, 3.8) is 0 Å². The van der Waals surface area contributed by atoms with Crippen molar-refractivity contribution in [2.45, 2.75) is 5.41 Å². The molecule has 272 valence electrons. The lowest BCUT2D eigenvalue weighted by atomic mass is 9.70. The molecule has 3 heterocycles. The number of aromatic nitrogens is 4. The van der Waals surface area contributed by atoms with Gasteiger partial charge in [-0.05, 0) is 115 Å². The summed E-state index contributed by atoms with van der Waals surface area (Å²) in [4.78, 5) is 10.6. The van der Waals surface area contributed by atoms with E-state index >= 15 is 0 Å². The van der Waals surface area contributed by atoms with E-state index in [0.29, 0.717) is 0 Å². The van der Waals surface area contributed by atoms with Gasteiger partial charge in [-0.15, -0.1) is 0 Å². The summed E-state index contributed by atoms with van der Waals surface area (Å²) in [6.07, 6.45) is 0. The van der Waals surface area contributed by atoms with E-state index in [0.717, 1.165) is 44.6 Å². The van der Waals surface area contributed by atoms with Gasteiger partial charge >= 0.3 is 0 Å². The molecule has 3 aromatic heterocycles. The maximum Gasteiger partial charge on any atom is 0.221 e. The summed E-state index contributed by atoms with van der Waals surface area (Å²) in [5, 5.41) is 5.88. The first-order valence-electron chi connectivity index (χ1n) is 20.3. The van der Waals surface area contributed by atoms with E-state index in [-0.39, 0.29) is 0 Å². The highest BCUT2D eigenvalue weighted by Crippen LogP contribution is 2.63. The van der Waals surface area contributed by atoms with Gasteiger partial charge in [-0.25, -0.2) is 9.97 Å². The minimum absolute atomic E-state index is 0.397. The molecule has 2 aliphatic rings. The zero-order valence-electron chi connectivity index (χ0n) is 31.8. The lowest BCUT2D eigenvalue weighted by Crippen LogP contribution is -2.25. The van der Waals surface area contributed by atoms with E-state index in [4.69, 9.17) is 9.97 Å². The first-order chi connectivity index (χ1) is 29.3. The molecule has 0 unspecified atom stereocenters. The molecule has 1 spiro atoms. The van der Waals surface area contributed by atoms with Crippen molar-refractivity contribution in [1.29, 1.82) is 0 Å². The number of benzene rings is 9. The van der Waals surface area contributed by atoms with Crippen LogP contribution in [-0.4, -0.2) is 18.9 Å². The normalized spacial score (nSPS) is 13.6. The van der Waals surface area contributed by atoms with Gasteiger partial charge in [-0.3, -0.25) is 8.97 Å². The number of fused-ring (bicyclic) bond motifs is 20. The van der Waals surface area contributed by atoms with Crippen molar-refractivity contribution in [1.82, 2.24) is 18.9 Å². The van der Waals surface area contributed by atoms with E-state index in [2.05, 4.69) is 203 Å². The molecule has 59 heavy (non-hydrogen) atoms. The summed E-state index contributed by atoms with van der Waals surface area (Å²) in [6.45, 7) is 0. The Balaban J connectivity index is 1.06. The largest absolute Gasteiger partial charge is 0.279 e. The quantitative estimate of drug-likeness (QED) is 0.176. The Hall–Kier alpha value is -7.82. The van der Waals surface area contributed by atoms with Crippen LogP contribution in [0.2, 0.25) is 0 Å². The topological polar surface area (TPSA) is 35.1 Å². The molecule has 0 saturated heterocycles. The smallest absolute Gasteiger partial charge is 0.221 e. The average molecular weight is 749 g/mol. The number of rotatable bonds is 2. The molecule has 12 aromatic rings. The first-order valence-corrected chi connectivity index (χ1v) is 20.3. The van der Waals surface area contributed by atoms with Crippen LogP contribution in [0.25, 0.3) is 99.5 Å². The van der Waals surface area contributed by atoms with Crippen LogP contribution in [0, 0.1) is 0 Å². The second-order valence-corrected chi connectivity index (χ2v) is 16.1. The average Bonchev–Trinajstić information content (AvgIpc) is 4.03. The number of imidazole rings is 1. The predicted octanol–water partition coefficient (Wildman–Crippen LogP) is 13.3. The van der Waals surface area contributed by atoms with Gasteiger partial charge in [0, 0.05) is 16.2 Å². The molecule has 0 radical (unpaired) electrons. The zero-order chi connectivity index (χ0) is 38.4. The van der Waals surface area contributed by atoms with E-state index in [1.165, 1.54) is 77.2 Å². The third-order valence-corrected chi connectivity index (χ3v) is 13.3. The summed E-state index contributed by atoms with van der Waals surface area (Å²) in [5.74, 6) is 0.825. The number of nitrogens with zero attached hydrogens (tertiary/aromatic N) is 4. The van der Waals surface area contributed by atoms with E-state index < -0.39 is 5.41 Å². The molecule has 0 amide bonds. The Morgan fingerprint density at radius 2 is 0.949 bits per heavy atom. The monoisotopic (exact) mass is 748 g/mol. The zero-order valence-corrected chi connectivity index (χ0v) is 31.8. The fraction of sp³-hybridized carbons (Fsp3) is 0.0182. The molecule has 0 N–H and O–H groups in total. The predicted molar refractivity (Wildman–Crippen MR) is 242 cm³/mol. The van der Waals surface area contributed by atoms with Crippen LogP contribution in [0.4, 0.5) is 0 Å². The number of hydrogen-bond acceptors (Lipinski definition) is 2. The lowest BCUT2D eigenvalue weighted by molar-refractivity contribution is 0.794. The van der Waals surface area contributed by atoms with Crippen LogP contribution in [0.1, 0.15) is 22.3 Å². The summed E-state index contributed by atoms with van der Waals surface area (Å²) in [7, 11) is 0. The van der Waals surface area contributed by atoms with Crippen LogP contribution in [0.15, 0.2) is 194 Å². The van der Waals surface area contributed by atoms with Crippen LogP contribution in [0.5, 0.6) is 0 Å². The number of para-hydroxylation sites is 3. The van der Waals surface area contributed by atoms with Gasteiger partial charge in [-0.2, -0.15) is 0 Å². The molecule has 0 saturated carbocycles. The molecule has 4 nitrogen and oxygen atoms in total. The van der Waals surface area contributed by atoms with E-state index in [1.54, 1.807) is 0 Å². The fourth-order valence-electron chi connectivity index (χ4n) is 10.9. The maximum absolute atomic E-state index is 5.45. The van der Waals surface area contributed by atoms with E-state index in [1.807, 2.05) is 0 Å². The Labute approximate surface area is 338 Å². The molecule has 0 bridgehead atoms. The maximum atomic E-state index is 5.45. The standard InChI is InChI=1S/C55H32N4/c1-2-14-36-33(13-1)26-30-51-52(36)42-31-34(27-29-49(42)58(51)54-57-47-22-10-6-18-41(47)53-56-48-23-11-12-24-50(48)59(53)54)35-25-28-40-39-17-5-9-21-45(39)55(46(40)32-35)43-19-7-3-15-37(43)38-16-4-8-20-44(38)55/h1-32H. The van der Waals surface area contributed by atoms with Gasteiger partial charge in [0.2, 0.25) is 5.95 Å². The second kappa shape index (κ2) is 11.2. The number of hydrogen-bond donors (Lipinski definition) is 0. The van der Waals surface area contributed by atoms with Crippen LogP contribution < -0.4 is 0 Å². The highest BCUT2D eigenvalue weighted by Gasteiger charge is 2.51. The van der Waals surface area contributed by atoms with Gasteiger partial charge in [-0.1, -0.05) is 146 Å². The van der Waals surface area contributed by atoms with Gasteiger partial charge in [0.25, 0.3) is 0 Å². The molecular formula is C55H32N4. The molecule has 9 aromatic carbocycles. The van der Waals surface area contributed by atoms with Gasteiger partial charge in [0.1, 0.15) is 5.65 Å². The van der Waals surface area contributed by atoms with Crippen molar-refractivity contribution in [3.8, 4) is 39.3 Å². The Bertz CT molecular complexity index is 3750. The van der Waals surface area contributed by atoms with Gasteiger partial charge in [0.05, 0.1) is 33.0 Å². The van der Waals surface area contributed by atoms with E-state index in [9.17, 15) is 0 Å². The molecule has 0 fully saturated rings. The third kappa shape index (κ3) is 3.88. The van der Waals surface area contributed by atoms with Gasteiger partial charge < -0.3 is 0 Å². The third-order valence-electron chi connectivity index (χ3n) is 13.3. The second-order valence-electron chi connectivity index (χ2n) is 16.1. The Morgan fingerprint density at radius 3 is 1.71 bits per heavy atom. The van der Waals surface area contributed by atoms with Crippen molar-refractivity contribution in [2.75, 3.05) is 0 Å². The highest BCUT2D eigenvalue weighted by atomic mass is 15.2. The van der Waals surface area contributed by atoms with Crippen LogP contribution in [-0.2, 0) is 5.41 Å². The van der Waals surface area contributed by atoms with Crippen LogP contribution >= 0.6 is 0 Å². The Kier molecular flexibility index (Phi) is 5.93. The summed E-state index contributed by atoms with van der Waals surface area (Å²) in [5.41, 5.74) is 18.7. The molecule has 14 rings (SSSR count). The van der Waals surface area contributed by atoms with Crippen molar-refractivity contribution >= 4 is 60.2 Å². The van der Waals surface area contributed by atoms with Crippen LogP contribution in [0.3, 0.4) is 0 Å². The van der Waals surface area contributed by atoms with Crippen molar-refractivity contribution in [3.05, 3.63) is 216 Å². The molecule has 0 aliphatic heterocycles. The molecular weight excluding hydrogens is 717 g/mol. The minimum atomic E-state index is -0.397.